The number of rotatable bonds is 9. The second kappa shape index (κ2) is 9.54. The lowest BCUT2D eigenvalue weighted by Gasteiger charge is -2.25. The van der Waals surface area contributed by atoms with Crippen LogP contribution in [0.15, 0.2) is 28.7 Å². The first-order valence-electron chi connectivity index (χ1n) is 7.49. The fourth-order valence-electron chi connectivity index (χ4n) is 2.39. The van der Waals surface area contributed by atoms with Crippen LogP contribution in [0.25, 0.3) is 0 Å². The summed E-state index contributed by atoms with van der Waals surface area (Å²) in [6, 6.07) is 8.73. The maximum atomic E-state index is 5.23. The number of halogens is 1. The van der Waals surface area contributed by atoms with Crippen LogP contribution in [0.3, 0.4) is 0 Å². The first-order chi connectivity index (χ1) is 9.54. The highest BCUT2D eigenvalue weighted by Crippen LogP contribution is 2.27. The van der Waals surface area contributed by atoms with E-state index >= 15 is 0 Å². The Kier molecular flexibility index (Phi) is 8.43. The van der Waals surface area contributed by atoms with Crippen molar-refractivity contribution in [1.29, 1.82) is 0 Å². The van der Waals surface area contributed by atoms with Crippen molar-refractivity contribution in [2.24, 2.45) is 11.8 Å². The zero-order valence-electron chi connectivity index (χ0n) is 13.2. The molecule has 1 aromatic carbocycles. The van der Waals surface area contributed by atoms with Crippen molar-refractivity contribution in [3.8, 4) is 0 Å². The third-order valence-electron chi connectivity index (χ3n) is 3.68. The van der Waals surface area contributed by atoms with Gasteiger partial charge in [-0.15, -0.1) is 0 Å². The van der Waals surface area contributed by atoms with E-state index in [2.05, 4.69) is 66.3 Å². The second-order valence-corrected chi connectivity index (χ2v) is 6.88. The molecule has 0 radical (unpaired) electrons. The summed E-state index contributed by atoms with van der Waals surface area (Å²) < 4.78 is 6.37. The van der Waals surface area contributed by atoms with Crippen LogP contribution in [0.2, 0.25) is 0 Å². The predicted molar refractivity (Wildman–Crippen MR) is 90.2 cm³/mol. The fourth-order valence-corrected chi connectivity index (χ4v) is 2.65. The molecule has 1 aromatic rings. The summed E-state index contributed by atoms with van der Waals surface area (Å²) >= 11 is 3.51. The van der Waals surface area contributed by atoms with E-state index in [0.717, 1.165) is 30.6 Å². The highest BCUT2D eigenvalue weighted by Gasteiger charge is 2.19. The maximum Gasteiger partial charge on any atom is 0.0465 e. The molecule has 114 valence electrons. The van der Waals surface area contributed by atoms with E-state index in [0.29, 0.717) is 17.8 Å². The molecule has 0 fully saturated rings. The van der Waals surface area contributed by atoms with Gasteiger partial charge >= 0.3 is 0 Å². The van der Waals surface area contributed by atoms with E-state index in [1.165, 1.54) is 5.56 Å². The Bertz CT molecular complexity index is 364. The van der Waals surface area contributed by atoms with Gasteiger partial charge in [0.2, 0.25) is 0 Å². The number of benzene rings is 1. The summed E-state index contributed by atoms with van der Waals surface area (Å²) in [4.78, 5) is 0. The van der Waals surface area contributed by atoms with Crippen LogP contribution >= 0.6 is 15.9 Å². The molecule has 1 N–H and O–H groups in total. The topological polar surface area (TPSA) is 21.3 Å². The Morgan fingerprint density at radius 3 is 2.30 bits per heavy atom. The van der Waals surface area contributed by atoms with E-state index in [-0.39, 0.29) is 0 Å². The molecule has 0 aromatic heterocycles. The predicted octanol–water partition coefficient (Wildman–Crippen LogP) is 4.45. The molecule has 0 aliphatic heterocycles. The Morgan fingerprint density at radius 2 is 1.75 bits per heavy atom. The summed E-state index contributed by atoms with van der Waals surface area (Å²) in [5.74, 6) is 1.84. The van der Waals surface area contributed by atoms with E-state index < -0.39 is 0 Å². The van der Waals surface area contributed by atoms with E-state index in [4.69, 9.17) is 4.74 Å². The molecule has 20 heavy (non-hydrogen) atoms. The van der Waals surface area contributed by atoms with Gasteiger partial charge in [-0.2, -0.15) is 0 Å². The minimum Gasteiger partial charge on any atom is -0.385 e. The third-order valence-corrected chi connectivity index (χ3v) is 4.21. The number of hydrogen-bond acceptors (Lipinski definition) is 2. The molecule has 0 amide bonds. The van der Waals surface area contributed by atoms with Gasteiger partial charge in [-0.25, -0.2) is 0 Å². The van der Waals surface area contributed by atoms with E-state index in [1.807, 2.05) is 0 Å². The average molecular weight is 342 g/mol. The van der Waals surface area contributed by atoms with Crippen LogP contribution in [0.1, 0.15) is 38.7 Å². The molecule has 2 atom stereocenters. The smallest absolute Gasteiger partial charge is 0.0465 e. The fraction of sp³-hybridized carbons (Fsp3) is 0.647. The van der Waals surface area contributed by atoms with Crippen molar-refractivity contribution in [2.75, 3.05) is 26.8 Å². The lowest BCUT2D eigenvalue weighted by atomic mass is 9.85. The molecular formula is C17H28BrNO. The quantitative estimate of drug-likeness (QED) is 0.716. The second-order valence-electron chi connectivity index (χ2n) is 5.97. The standard InChI is InChI=1S/C17H28BrNO/c1-13(2)11-19-12-17(14(3)9-10-20-4)15-5-7-16(18)8-6-15/h5-8,13-14,17,19H,9-12H2,1-4H3. The van der Waals surface area contributed by atoms with Crippen molar-refractivity contribution in [3.63, 3.8) is 0 Å². The van der Waals surface area contributed by atoms with Gasteiger partial charge < -0.3 is 10.1 Å². The summed E-state index contributed by atoms with van der Waals surface area (Å²) in [5, 5.41) is 3.60. The lowest BCUT2D eigenvalue weighted by Crippen LogP contribution is -2.29. The Hall–Kier alpha value is -0.380. The number of methoxy groups -OCH3 is 1. The molecule has 0 spiro atoms. The van der Waals surface area contributed by atoms with Crippen molar-refractivity contribution in [1.82, 2.24) is 5.32 Å². The van der Waals surface area contributed by atoms with Crippen LogP contribution in [-0.4, -0.2) is 26.8 Å². The minimum atomic E-state index is 0.539. The van der Waals surface area contributed by atoms with E-state index in [1.54, 1.807) is 7.11 Å². The van der Waals surface area contributed by atoms with Crippen molar-refractivity contribution < 1.29 is 4.74 Å². The van der Waals surface area contributed by atoms with Gasteiger partial charge in [0.25, 0.3) is 0 Å². The summed E-state index contributed by atoms with van der Waals surface area (Å²) in [5.41, 5.74) is 1.41. The molecule has 0 heterocycles. The average Bonchev–Trinajstić information content (AvgIpc) is 2.42. The Labute approximate surface area is 132 Å². The Balaban J connectivity index is 2.69. The molecule has 2 nitrogen and oxygen atoms in total. The summed E-state index contributed by atoms with van der Waals surface area (Å²) in [6.45, 7) is 9.75. The van der Waals surface area contributed by atoms with Gasteiger partial charge in [0.05, 0.1) is 0 Å². The van der Waals surface area contributed by atoms with Gasteiger partial charge in [-0.3, -0.25) is 0 Å². The van der Waals surface area contributed by atoms with Gasteiger partial charge in [-0.05, 0) is 48.4 Å². The first kappa shape index (κ1) is 17.7. The first-order valence-corrected chi connectivity index (χ1v) is 8.29. The number of nitrogens with one attached hydrogen (secondary N) is 1. The van der Waals surface area contributed by atoms with Crippen LogP contribution in [0.5, 0.6) is 0 Å². The number of ether oxygens (including phenoxy) is 1. The normalized spacial score (nSPS) is 14.5. The summed E-state index contributed by atoms with van der Waals surface area (Å²) in [6.07, 6.45) is 1.10. The third kappa shape index (κ3) is 6.38. The largest absolute Gasteiger partial charge is 0.385 e. The SMILES string of the molecule is COCCC(C)C(CNCC(C)C)c1ccc(Br)cc1. The van der Waals surface area contributed by atoms with Crippen molar-refractivity contribution in [3.05, 3.63) is 34.3 Å². The molecular weight excluding hydrogens is 314 g/mol. The van der Waals surface area contributed by atoms with Gasteiger partial charge in [0.15, 0.2) is 0 Å². The van der Waals surface area contributed by atoms with Gasteiger partial charge in [0.1, 0.15) is 0 Å². The monoisotopic (exact) mass is 341 g/mol. The molecule has 3 heteroatoms. The molecule has 0 saturated heterocycles. The Morgan fingerprint density at radius 1 is 1.10 bits per heavy atom. The minimum absolute atomic E-state index is 0.539. The van der Waals surface area contributed by atoms with Gasteiger partial charge in [-0.1, -0.05) is 48.8 Å². The molecule has 0 saturated carbocycles. The molecule has 2 unspecified atom stereocenters. The van der Waals surface area contributed by atoms with Crippen LogP contribution in [0, 0.1) is 11.8 Å². The van der Waals surface area contributed by atoms with Gasteiger partial charge in [0, 0.05) is 24.7 Å². The molecule has 0 bridgehead atoms. The summed E-state index contributed by atoms with van der Waals surface area (Å²) in [7, 11) is 1.78. The molecule has 1 rings (SSSR count). The highest BCUT2D eigenvalue weighted by atomic mass is 79.9. The zero-order valence-corrected chi connectivity index (χ0v) is 14.7. The molecule has 0 aliphatic rings. The lowest BCUT2D eigenvalue weighted by molar-refractivity contribution is 0.173. The van der Waals surface area contributed by atoms with Crippen LogP contribution in [0.4, 0.5) is 0 Å². The highest BCUT2D eigenvalue weighted by molar-refractivity contribution is 9.10. The zero-order chi connectivity index (χ0) is 15.0. The van der Waals surface area contributed by atoms with Crippen molar-refractivity contribution in [2.45, 2.75) is 33.1 Å². The van der Waals surface area contributed by atoms with Crippen molar-refractivity contribution >= 4 is 15.9 Å². The number of hydrogen-bond donors (Lipinski definition) is 1. The van der Waals surface area contributed by atoms with E-state index in [9.17, 15) is 0 Å². The maximum absolute atomic E-state index is 5.23. The molecule has 0 aliphatic carbocycles. The van der Waals surface area contributed by atoms with Crippen LogP contribution < -0.4 is 5.32 Å². The van der Waals surface area contributed by atoms with Crippen LogP contribution in [-0.2, 0) is 4.74 Å².